The summed E-state index contributed by atoms with van der Waals surface area (Å²) in [6.45, 7) is 10.9. The first-order valence-corrected chi connectivity index (χ1v) is 10.4. The highest BCUT2D eigenvalue weighted by Gasteiger charge is 2.25. The molecule has 0 spiro atoms. The van der Waals surface area contributed by atoms with E-state index in [0.717, 1.165) is 25.3 Å². The second kappa shape index (κ2) is 10.5. The normalized spacial score (nSPS) is 17.2. The van der Waals surface area contributed by atoms with Gasteiger partial charge >= 0.3 is 6.09 Å². The van der Waals surface area contributed by atoms with E-state index in [0.29, 0.717) is 30.6 Å². The monoisotopic (exact) mass is 424 g/mol. The molecule has 29 heavy (non-hydrogen) atoms. The average Bonchev–Trinajstić information content (AvgIpc) is 3.11. The Morgan fingerprint density at radius 3 is 2.86 bits per heavy atom. The number of nitrogens with zero attached hydrogens (tertiary/aromatic N) is 4. The first-order valence-electron chi connectivity index (χ1n) is 10.0. The summed E-state index contributed by atoms with van der Waals surface area (Å²) >= 11 is 6.26. The van der Waals surface area contributed by atoms with Gasteiger partial charge < -0.3 is 25.2 Å². The highest BCUT2D eigenvalue weighted by atomic mass is 35.5. The van der Waals surface area contributed by atoms with E-state index in [1.165, 1.54) is 0 Å². The second-order valence-electron chi connectivity index (χ2n) is 7.94. The predicted octanol–water partition coefficient (Wildman–Crippen LogP) is 2.74. The molecule has 0 bridgehead atoms. The summed E-state index contributed by atoms with van der Waals surface area (Å²) in [6, 6.07) is 3.93. The van der Waals surface area contributed by atoms with Gasteiger partial charge in [-0.2, -0.15) is 0 Å². The highest BCUT2D eigenvalue weighted by molar-refractivity contribution is 6.32. The summed E-state index contributed by atoms with van der Waals surface area (Å²) < 4.78 is 5.44. The molecule has 1 aromatic heterocycles. The van der Waals surface area contributed by atoms with E-state index in [1.54, 1.807) is 18.1 Å². The van der Waals surface area contributed by atoms with Gasteiger partial charge in [0.25, 0.3) is 0 Å². The number of carbonyl (C=O) groups is 1. The molecule has 1 amide bonds. The number of anilines is 1. The third kappa shape index (κ3) is 7.27. The topological polar surface area (TPSA) is 82.1 Å². The average molecular weight is 425 g/mol. The molecular weight excluding hydrogens is 392 g/mol. The maximum Gasteiger partial charge on any atom is 0.410 e. The molecule has 2 rings (SSSR count). The van der Waals surface area contributed by atoms with Crippen molar-refractivity contribution < 1.29 is 9.53 Å². The van der Waals surface area contributed by atoms with Crippen LogP contribution in [0.25, 0.3) is 0 Å². The number of ether oxygens (including phenoxy) is 1. The van der Waals surface area contributed by atoms with Gasteiger partial charge in [-0.15, -0.1) is 0 Å². The van der Waals surface area contributed by atoms with E-state index in [4.69, 9.17) is 16.3 Å². The molecule has 1 fully saturated rings. The minimum atomic E-state index is -0.500. The smallest absolute Gasteiger partial charge is 0.410 e. The van der Waals surface area contributed by atoms with Crippen LogP contribution in [0.4, 0.5) is 10.6 Å². The van der Waals surface area contributed by atoms with Crippen molar-refractivity contribution in [1.82, 2.24) is 20.5 Å². The van der Waals surface area contributed by atoms with Crippen LogP contribution in [-0.2, 0) is 4.74 Å². The third-order valence-electron chi connectivity index (χ3n) is 4.50. The van der Waals surface area contributed by atoms with Crippen molar-refractivity contribution in [2.24, 2.45) is 4.99 Å². The van der Waals surface area contributed by atoms with E-state index >= 15 is 0 Å². The molecule has 1 saturated heterocycles. The van der Waals surface area contributed by atoms with Crippen LogP contribution in [0.5, 0.6) is 0 Å². The van der Waals surface area contributed by atoms with Gasteiger partial charge in [-0.05, 0) is 46.2 Å². The SMILES string of the molecule is CCN(CCNC(=NC)NC1CCN(c2ncccc2Cl)C1)C(=O)OC(C)(C)C. The Kier molecular flexibility index (Phi) is 8.37. The van der Waals surface area contributed by atoms with Gasteiger partial charge in [0.05, 0.1) is 5.02 Å². The molecule has 1 aromatic rings. The fourth-order valence-corrected chi connectivity index (χ4v) is 3.32. The van der Waals surface area contributed by atoms with Gasteiger partial charge in [0.15, 0.2) is 5.96 Å². The lowest BCUT2D eigenvalue weighted by Gasteiger charge is -2.27. The predicted molar refractivity (Wildman–Crippen MR) is 118 cm³/mol. The van der Waals surface area contributed by atoms with Crippen LogP contribution in [0.3, 0.4) is 0 Å². The summed E-state index contributed by atoms with van der Waals surface area (Å²) in [6.07, 6.45) is 2.42. The zero-order valence-electron chi connectivity index (χ0n) is 18.0. The number of carbonyl (C=O) groups excluding carboxylic acids is 1. The lowest BCUT2D eigenvalue weighted by Crippen LogP contribution is -2.47. The molecular formula is C20H33ClN6O2. The van der Waals surface area contributed by atoms with Gasteiger partial charge in [0.1, 0.15) is 11.4 Å². The van der Waals surface area contributed by atoms with Gasteiger partial charge in [-0.1, -0.05) is 11.6 Å². The number of likely N-dealkylation sites (N-methyl/N-ethyl adjacent to an activating group) is 1. The standard InChI is InChI=1S/C20H33ClN6O2/c1-6-26(19(28)29-20(2,3)4)13-11-24-18(22-5)25-15-9-12-27(14-15)17-16(21)8-7-10-23-17/h7-8,10,15H,6,9,11-14H2,1-5H3,(H2,22,24,25). The van der Waals surface area contributed by atoms with Crippen molar-refractivity contribution in [3.05, 3.63) is 23.4 Å². The fourth-order valence-electron chi connectivity index (χ4n) is 3.08. The van der Waals surface area contributed by atoms with Crippen LogP contribution < -0.4 is 15.5 Å². The molecule has 0 aliphatic carbocycles. The van der Waals surface area contributed by atoms with E-state index in [9.17, 15) is 4.79 Å². The van der Waals surface area contributed by atoms with Crippen LogP contribution in [0.1, 0.15) is 34.1 Å². The minimum absolute atomic E-state index is 0.243. The van der Waals surface area contributed by atoms with Crippen molar-refractivity contribution >= 4 is 29.5 Å². The molecule has 0 radical (unpaired) electrons. The minimum Gasteiger partial charge on any atom is -0.444 e. The zero-order chi connectivity index (χ0) is 21.4. The molecule has 0 saturated carbocycles. The van der Waals surface area contributed by atoms with Crippen molar-refractivity contribution in [1.29, 1.82) is 0 Å². The van der Waals surface area contributed by atoms with Gasteiger partial charge in [-0.3, -0.25) is 4.99 Å². The van der Waals surface area contributed by atoms with E-state index in [2.05, 4.69) is 25.5 Å². The Hall–Kier alpha value is -2.22. The number of aromatic nitrogens is 1. The molecule has 1 aliphatic heterocycles. The molecule has 1 aliphatic rings. The summed E-state index contributed by atoms with van der Waals surface area (Å²) in [5.74, 6) is 1.53. The number of pyridine rings is 1. The Balaban J connectivity index is 1.79. The highest BCUT2D eigenvalue weighted by Crippen LogP contribution is 2.25. The number of halogens is 1. The molecule has 9 heteroatoms. The Bertz CT molecular complexity index is 706. The largest absolute Gasteiger partial charge is 0.444 e. The molecule has 1 unspecified atom stereocenters. The summed E-state index contributed by atoms with van der Waals surface area (Å²) in [4.78, 5) is 24.7. The van der Waals surface area contributed by atoms with Gasteiger partial charge in [-0.25, -0.2) is 9.78 Å². The number of aliphatic imine (C=N–C) groups is 1. The molecule has 1 atom stereocenters. The molecule has 8 nitrogen and oxygen atoms in total. The van der Waals surface area contributed by atoms with E-state index < -0.39 is 5.60 Å². The molecule has 162 valence electrons. The summed E-state index contributed by atoms with van der Waals surface area (Å²) in [7, 11) is 1.74. The number of amides is 1. The van der Waals surface area contributed by atoms with E-state index in [-0.39, 0.29) is 12.1 Å². The quantitative estimate of drug-likeness (QED) is 0.539. The van der Waals surface area contributed by atoms with Crippen molar-refractivity contribution in [2.45, 2.75) is 45.8 Å². The maximum atomic E-state index is 12.2. The van der Waals surface area contributed by atoms with Crippen molar-refractivity contribution in [3.8, 4) is 0 Å². The first kappa shape index (κ1) is 23.1. The van der Waals surface area contributed by atoms with Gasteiger partial charge in [0.2, 0.25) is 0 Å². The Morgan fingerprint density at radius 1 is 1.48 bits per heavy atom. The number of guanidine groups is 1. The van der Waals surface area contributed by atoms with Crippen LogP contribution in [0, 0.1) is 0 Å². The first-order chi connectivity index (χ1) is 13.7. The van der Waals surface area contributed by atoms with Crippen LogP contribution in [0.2, 0.25) is 5.02 Å². The zero-order valence-corrected chi connectivity index (χ0v) is 18.8. The van der Waals surface area contributed by atoms with Crippen molar-refractivity contribution in [3.63, 3.8) is 0 Å². The third-order valence-corrected chi connectivity index (χ3v) is 4.79. The molecule has 2 heterocycles. The molecule has 2 N–H and O–H groups in total. The Labute approximate surface area is 178 Å². The maximum absolute atomic E-state index is 12.2. The number of rotatable bonds is 6. The van der Waals surface area contributed by atoms with Crippen LogP contribution in [0.15, 0.2) is 23.3 Å². The number of nitrogens with one attached hydrogen (secondary N) is 2. The molecule has 0 aromatic carbocycles. The summed E-state index contributed by atoms with van der Waals surface area (Å²) in [5, 5.41) is 7.37. The lowest BCUT2D eigenvalue weighted by atomic mass is 10.2. The van der Waals surface area contributed by atoms with Crippen molar-refractivity contribution in [2.75, 3.05) is 44.7 Å². The lowest BCUT2D eigenvalue weighted by molar-refractivity contribution is 0.0264. The Morgan fingerprint density at radius 2 is 2.24 bits per heavy atom. The number of hydrogen-bond donors (Lipinski definition) is 2. The van der Waals surface area contributed by atoms with Gasteiger partial charge in [0, 0.05) is 52.0 Å². The van der Waals surface area contributed by atoms with E-state index in [1.807, 2.05) is 39.8 Å². The van der Waals surface area contributed by atoms with Crippen LogP contribution in [-0.4, -0.2) is 73.4 Å². The van der Waals surface area contributed by atoms with Crippen LogP contribution >= 0.6 is 11.6 Å². The fraction of sp³-hybridized carbons (Fsp3) is 0.650. The number of hydrogen-bond acceptors (Lipinski definition) is 5. The second-order valence-corrected chi connectivity index (χ2v) is 8.35. The summed E-state index contributed by atoms with van der Waals surface area (Å²) in [5.41, 5.74) is -0.500.